The number of amidine groups is 1. The van der Waals surface area contributed by atoms with E-state index in [0.29, 0.717) is 17.9 Å². The van der Waals surface area contributed by atoms with Crippen LogP contribution in [-0.2, 0) is 6.54 Å². The van der Waals surface area contributed by atoms with Crippen molar-refractivity contribution < 1.29 is 9.94 Å². The molecule has 0 saturated carbocycles. The number of nitrogens with one attached hydrogen (secondary N) is 1. The largest absolute Gasteiger partial charge is 0.496 e. The Morgan fingerprint density at radius 2 is 2.10 bits per heavy atom. The summed E-state index contributed by atoms with van der Waals surface area (Å²) in [4.78, 5) is 2.18. The molecule has 118 valence electrons. The molecule has 0 radical (unpaired) electrons. The minimum Gasteiger partial charge on any atom is -0.496 e. The van der Waals surface area contributed by atoms with Crippen LogP contribution in [0.15, 0.2) is 23.4 Å². The Labute approximate surface area is 126 Å². The van der Waals surface area contributed by atoms with Crippen LogP contribution in [0.1, 0.15) is 25.0 Å². The molecule has 0 aliphatic heterocycles. The number of nitrogens with two attached hydrogens (primary N) is 1. The van der Waals surface area contributed by atoms with Crippen molar-refractivity contribution >= 4 is 5.84 Å². The molecule has 0 aromatic heterocycles. The van der Waals surface area contributed by atoms with Gasteiger partial charge in [-0.05, 0) is 45.6 Å². The average molecular weight is 294 g/mol. The highest BCUT2D eigenvalue weighted by atomic mass is 16.5. The van der Waals surface area contributed by atoms with Gasteiger partial charge in [0.2, 0.25) is 0 Å². The van der Waals surface area contributed by atoms with E-state index in [-0.39, 0.29) is 11.4 Å². The van der Waals surface area contributed by atoms with Gasteiger partial charge in [-0.15, -0.1) is 0 Å². The molecule has 0 bridgehead atoms. The van der Waals surface area contributed by atoms with Crippen molar-refractivity contribution in [1.82, 2.24) is 10.2 Å². The van der Waals surface area contributed by atoms with Gasteiger partial charge in [-0.25, -0.2) is 0 Å². The summed E-state index contributed by atoms with van der Waals surface area (Å²) >= 11 is 0. The molecule has 0 atom stereocenters. The third-order valence-corrected chi connectivity index (χ3v) is 3.74. The Kier molecular flexibility index (Phi) is 5.99. The Hall–Kier alpha value is -1.79. The van der Waals surface area contributed by atoms with Crippen molar-refractivity contribution in [2.45, 2.75) is 25.9 Å². The normalized spacial score (nSPS) is 12.8. The predicted molar refractivity (Wildman–Crippen MR) is 85.0 cm³/mol. The van der Waals surface area contributed by atoms with E-state index in [9.17, 15) is 0 Å². The van der Waals surface area contributed by atoms with Crippen LogP contribution >= 0.6 is 0 Å². The van der Waals surface area contributed by atoms with Crippen LogP contribution in [0.2, 0.25) is 0 Å². The maximum absolute atomic E-state index is 8.83. The summed E-state index contributed by atoms with van der Waals surface area (Å²) in [6.07, 6.45) is 0. The molecule has 0 spiro atoms. The molecule has 1 aromatic carbocycles. The summed E-state index contributed by atoms with van der Waals surface area (Å²) in [6.45, 7) is 5.91. The number of oxime groups is 1. The molecule has 1 rings (SSSR count). The second-order valence-electron chi connectivity index (χ2n) is 5.83. The van der Waals surface area contributed by atoms with E-state index in [1.54, 1.807) is 7.11 Å². The lowest BCUT2D eigenvalue weighted by Crippen LogP contribution is -2.46. The molecular formula is C15H26N4O2. The highest BCUT2D eigenvalue weighted by Crippen LogP contribution is 2.19. The summed E-state index contributed by atoms with van der Waals surface area (Å²) < 4.78 is 5.21. The smallest absolute Gasteiger partial charge is 0.173 e. The summed E-state index contributed by atoms with van der Waals surface area (Å²) in [5.41, 5.74) is 7.38. The lowest BCUT2D eigenvalue weighted by atomic mass is 10.0. The molecule has 21 heavy (non-hydrogen) atoms. The molecule has 4 N–H and O–H groups in total. The summed E-state index contributed by atoms with van der Waals surface area (Å²) in [5.74, 6) is 0.630. The number of nitrogens with zero attached hydrogens (tertiary/aromatic N) is 2. The van der Waals surface area contributed by atoms with Gasteiger partial charge >= 0.3 is 0 Å². The van der Waals surface area contributed by atoms with E-state index >= 15 is 0 Å². The molecule has 0 unspecified atom stereocenters. The zero-order valence-corrected chi connectivity index (χ0v) is 13.5. The molecule has 1 aromatic rings. The van der Waals surface area contributed by atoms with Gasteiger partial charge in [0.15, 0.2) is 5.84 Å². The molecule has 0 fully saturated rings. The topological polar surface area (TPSA) is 83.1 Å². The predicted octanol–water partition coefficient (Wildman–Crippen LogP) is 1.22. The quantitative estimate of drug-likeness (QED) is 0.305. The first-order valence-electron chi connectivity index (χ1n) is 6.84. The van der Waals surface area contributed by atoms with E-state index < -0.39 is 0 Å². The minimum absolute atomic E-state index is 0.0438. The van der Waals surface area contributed by atoms with Crippen LogP contribution in [0.4, 0.5) is 0 Å². The van der Waals surface area contributed by atoms with Gasteiger partial charge in [0.05, 0.1) is 12.7 Å². The monoisotopic (exact) mass is 294 g/mol. The number of methoxy groups -OCH3 is 1. The number of rotatable bonds is 7. The van der Waals surface area contributed by atoms with Gasteiger partial charge in [-0.1, -0.05) is 11.2 Å². The fraction of sp³-hybridized carbons (Fsp3) is 0.533. The molecule has 0 saturated heterocycles. The molecule has 0 amide bonds. The number of likely N-dealkylation sites (N-methyl/N-ethyl adjacent to an activating group) is 1. The molecule has 6 heteroatoms. The SMILES string of the molecule is COc1ccc(CNCC(C)(C)N(C)C)cc1C(N)=NO. The van der Waals surface area contributed by atoms with E-state index in [4.69, 9.17) is 15.7 Å². The van der Waals surface area contributed by atoms with Crippen LogP contribution in [0.5, 0.6) is 5.75 Å². The van der Waals surface area contributed by atoms with Crippen molar-refractivity contribution in [3.8, 4) is 5.75 Å². The summed E-state index contributed by atoms with van der Waals surface area (Å²) in [7, 11) is 5.68. The van der Waals surface area contributed by atoms with Crippen LogP contribution in [0, 0.1) is 0 Å². The Bertz CT molecular complexity index is 498. The van der Waals surface area contributed by atoms with Crippen LogP contribution < -0.4 is 15.8 Å². The van der Waals surface area contributed by atoms with E-state index in [1.165, 1.54) is 0 Å². The zero-order chi connectivity index (χ0) is 16.0. The second-order valence-corrected chi connectivity index (χ2v) is 5.83. The van der Waals surface area contributed by atoms with Gasteiger partial charge in [0.1, 0.15) is 5.75 Å². The lowest BCUT2D eigenvalue weighted by Gasteiger charge is -2.32. The molecule has 0 aliphatic carbocycles. The highest BCUT2D eigenvalue weighted by molar-refractivity contribution is 5.99. The van der Waals surface area contributed by atoms with Crippen LogP contribution in [0.25, 0.3) is 0 Å². The first kappa shape index (κ1) is 17.3. The fourth-order valence-corrected chi connectivity index (χ4v) is 1.79. The maximum atomic E-state index is 8.83. The van der Waals surface area contributed by atoms with Gasteiger partial charge in [-0.2, -0.15) is 0 Å². The molecule has 6 nitrogen and oxygen atoms in total. The second kappa shape index (κ2) is 7.28. The average Bonchev–Trinajstić information content (AvgIpc) is 2.45. The molecule has 0 heterocycles. The van der Waals surface area contributed by atoms with Gasteiger partial charge in [-0.3, -0.25) is 0 Å². The maximum Gasteiger partial charge on any atom is 0.173 e. The van der Waals surface area contributed by atoms with Gasteiger partial charge < -0.3 is 25.9 Å². The van der Waals surface area contributed by atoms with E-state index in [0.717, 1.165) is 12.1 Å². The number of hydrogen-bond acceptors (Lipinski definition) is 5. The Morgan fingerprint density at radius 3 is 2.62 bits per heavy atom. The standard InChI is InChI=1S/C15H26N4O2/c1-15(2,19(3)4)10-17-9-11-6-7-13(21-5)12(8-11)14(16)18-20/h6-8,17,20H,9-10H2,1-5H3,(H2,16,18). The minimum atomic E-state index is 0.0438. The van der Waals surface area contributed by atoms with Crippen molar-refractivity contribution in [3.63, 3.8) is 0 Å². The number of ether oxygens (including phenoxy) is 1. The summed E-state index contributed by atoms with van der Waals surface area (Å²) in [6, 6.07) is 5.65. The summed E-state index contributed by atoms with van der Waals surface area (Å²) in [5, 5.41) is 15.3. The first-order chi connectivity index (χ1) is 9.81. The number of benzene rings is 1. The van der Waals surface area contributed by atoms with Crippen molar-refractivity contribution in [2.75, 3.05) is 27.7 Å². The third kappa shape index (κ3) is 4.61. The first-order valence-corrected chi connectivity index (χ1v) is 6.84. The zero-order valence-electron chi connectivity index (χ0n) is 13.5. The fourth-order valence-electron chi connectivity index (χ4n) is 1.79. The molecular weight excluding hydrogens is 268 g/mol. The van der Waals surface area contributed by atoms with Crippen molar-refractivity contribution in [2.24, 2.45) is 10.9 Å². The van der Waals surface area contributed by atoms with E-state index in [1.807, 2.05) is 18.2 Å². The van der Waals surface area contributed by atoms with Gasteiger partial charge in [0.25, 0.3) is 0 Å². The third-order valence-electron chi connectivity index (χ3n) is 3.74. The van der Waals surface area contributed by atoms with Crippen molar-refractivity contribution in [3.05, 3.63) is 29.3 Å². The van der Waals surface area contributed by atoms with Crippen LogP contribution in [0.3, 0.4) is 0 Å². The van der Waals surface area contributed by atoms with Crippen molar-refractivity contribution in [1.29, 1.82) is 0 Å². The van der Waals surface area contributed by atoms with Crippen LogP contribution in [-0.4, -0.2) is 49.2 Å². The molecule has 0 aliphatic rings. The Balaban J connectivity index is 2.77. The lowest BCUT2D eigenvalue weighted by molar-refractivity contribution is 0.190. The highest BCUT2D eigenvalue weighted by Gasteiger charge is 2.19. The Morgan fingerprint density at radius 1 is 1.43 bits per heavy atom. The van der Waals surface area contributed by atoms with Gasteiger partial charge in [0, 0.05) is 18.6 Å². The number of hydrogen-bond donors (Lipinski definition) is 3. The van der Waals surface area contributed by atoms with E-state index in [2.05, 4.69) is 43.3 Å².